The van der Waals surface area contributed by atoms with E-state index in [0.717, 1.165) is 0 Å². The first-order chi connectivity index (χ1) is 12.6. The molecule has 0 saturated carbocycles. The van der Waals surface area contributed by atoms with E-state index in [1.54, 1.807) is 24.3 Å². The summed E-state index contributed by atoms with van der Waals surface area (Å²) in [5, 5.41) is 3.75. The molecular weight excluding hydrogens is 339 g/mol. The molecule has 3 rings (SSSR count). The normalized spacial score (nSPS) is 10.5. The molecule has 0 aliphatic carbocycles. The average molecular weight is 354 g/mol. The Morgan fingerprint density at radius 1 is 1.00 bits per heavy atom. The molecule has 0 unspecified atom stereocenters. The molecule has 1 aromatic heterocycles. The van der Waals surface area contributed by atoms with Gasteiger partial charge in [-0.2, -0.15) is 4.98 Å². The van der Waals surface area contributed by atoms with Crippen LogP contribution in [0, 0.1) is 5.82 Å². The molecule has 0 aliphatic heterocycles. The van der Waals surface area contributed by atoms with Crippen molar-refractivity contribution in [3.8, 4) is 11.4 Å². The van der Waals surface area contributed by atoms with Crippen LogP contribution in [0.15, 0.2) is 59.1 Å². The minimum absolute atomic E-state index is 0.0350. The van der Waals surface area contributed by atoms with Gasteiger partial charge in [0.05, 0.1) is 6.42 Å². The van der Waals surface area contributed by atoms with Crippen molar-refractivity contribution in [1.29, 1.82) is 0 Å². The lowest BCUT2D eigenvalue weighted by Gasteiger charge is -2.02. The summed E-state index contributed by atoms with van der Waals surface area (Å²) < 4.78 is 22.9. The van der Waals surface area contributed by atoms with Gasteiger partial charge in [-0.25, -0.2) is 4.39 Å². The zero-order chi connectivity index (χ0) is 18.4. The van der Waals surface area contributed by atoms with Gasteiger partial charge in [-0.3, -0.25) is 9.59 Å². The van der Waals surface area contributed by atoms with Gasteiger partial charge in [-0.1, -0.05) is 35.5 Å². The van der Waals surface area contributed by atoms with Crippen LogP contribution in [-0.4, -0.2) is 21.9 Å². The number of ketones is 1. The van der Waals surface area contributed by atoms with E-state index in [9.17, 15) is 14.0 Å². The van der Waals surface area contributed by atoms with Crippen molar-refractivity contribution in [2.24, 2.45) is 0 Å². The summed E-state index contributed by atoms with van der Waals surface area (Å²) in [5.41, 5.74) is 1.14. The molecule has 0 N–H and O–H groups in total. The number of ether oxygens (including phenoxy) is 1. The first-order valence-corrected chi connectivity index (χ1v) is 7.94. The van der Waals surface area contributed by atoms with Gasteiger partial charge in [0.15, 0.2) is 12.4 Å². The Labute approximate surface area is 148 Å². The molecule has 2 aromatic carbocycles. The number of carbonyl (C=O) groups excluding carboxylic acids is 2. The monoisotopic (exact) mass is 354 g/mol. The maximum absolute atomic E-state index is 12.9. The third kappa shape index (κ3) is 4.60. The molecule has 0 bridgehead atoms. The first kappa shape index (κ1) is 17.5. The Morgan fingerprint density at radius 2 is 1.73 bits per heavy atom. The minimum Gasteiger partial charge on any atom is -0.456 e. The maximum atomic E-state index is 12.9. The third-order valence-electron chi connectivity index (χ3n) is 3.58. The molecule has 26 heavy (non-hydrogen) atoms. The van der Waals surface area contributed by atoms with Crippen molar-refractivity contribution in [2.75, 3.05) is 0 Å². The molecule has 7 heteroatoms. The smallest absolute Gasteiger partial charge is 0.306 e. The van der Waals surface area contributed by atoms with Gasteiger partial charge >= 0.3 is 5.97 Å². The van der Waals surface area contributed by atoms with E-state index in [1.165, 1.54) is 24.3 Å². The van der Waals surface area contributed by atoms with E-state index in [2.05, 4.69) is 10.1 Å². The van der Waals surface area contributed by atoms with Crippen LogP contribution in [0.4, 0.5) is 4.39 Å². The maximum Gasteiger partial charge on any atom is 0.306 e. The highest BCUT2D eigenvalue weighted by molar-refractivity contribution is 5.97. The number of benzene rings is 2. The number of hydrogen-bond donors (Lipinski definition) is 0. The summed E-state index contributed by atoms with van der Waals surface area (Å²) in [6, 6.07) is 14.3. The summed E-state index contributed by atoms with van der Waals surface area (Å²) in [6.07, 6.45) is 0.0280. The Kier molecular flexibility index (Phi) is 5.48. The van der Waals surface area contributed by atoms with Gasteiger partial charge < -0.3 is 9.26 Å². The number of rotatable bonds is 7. The highest BCUT2D eigenvalue weighted by Gasteiger charge is 2.13. The van der Waals surface area contributed by atoms with Gasteiger partial charge in [0, 0.05) is 17.5 Å². The van der Waals surface area contributed by atoms with Crippen molar-refractivity contribution in [3.63, 3.8) is 0 Å². The number of halogens is 1. The number of aromatic nitrogens is 2. The number of hydrogen-bond acceptors (Lipinski definition) is 6. The van der Waals surface area contributed by atoms with Crippen molar-refractivity contribution >= 4 is 11.8 Å². The van der Waals surface area contributed by atoms with E-state index in [0.29, 0.717) is 11.1 Å². The SMILES string of the molecule is O=C(CCC(=O)c1ccccc1)OCc1nc(-c2ccc(F)cc2)no1. The van der Waals surface area contributed by atoms with Crippen LogP contribution in [0.2, 0.25) is 0 Å². The second-order valence-electron chi connectivity index (χ2n) is 5.47. The van der Waals surface area contributed by atoms with Gasteiger partial charge in [-0.05, 0) is 24.3 Å². The summed E-state index contributed by atoms with van der Waals surface area (Å²) in [4.78, 5) is 27.8. The Bertz CT molecular complexity index is 891. The van der Waals surface area contributed by atoms with Gasteiger partial charge in [-0.15, -0.1) is 0 Å². The average Bonchev–Trinajstić information content (AvgIpc) is 3.14. The number of Topliss-reactive ketones (excluding diaryl/α,β-unsaturated/α-hetero) is 1. The summed E-state index contributed by atoms with van der Waals surface area (Å²) in [7, 11) is 0. The van der Waals surface area contributed by atoms with Crippen LogP contribution in [0.5, 0.6) is 0 Å². The summed E-state index contributed by atoms with van der Waals surface area (Å²) in [5.74, 6) is -0.631. The zero-order valence-corrected chi connectivity index (χ0v) is 13.7. The molecule has 0 saturated heterocycles. The molecule has 0 radical (unpaired) electrons. The zero-order valence-electron chi connectivity index (χ0n) is 13.7. The lowest BCUT2D eigenvalue weighted by Crippen LogP contribution is -2.08. The first-order valence-electron chi connectivity index (χ1n) is 7.94. The van der Waals surface area contributed by atoms with E-state index in [4.69, 9.17) is 9.26 Å². The fourth-order valence-electron chi connectivity index (χ4n) is 2.23. The Balaban J connectivity index is 1.47. The van der Waals surface area contributed by atoms with Gasteiger partial charge in [0.1, 0.15) is 5.82 Å². The molecule has 0 amide bonds. The predicted octanol–water partition coefficient (Wildman–Crippen LogP) is 3.58. The molecule has 0 fully saturated rings. The molecule has 3 aromatic rings. The fraction of sp³-hybridized carbons (Fsp3) is 0.158. The van der Waals surface area contributed by atoms with Crippen LogP contribution in [0.1, 0.15) is 29.1 Å². The lowest BCUT2D eigenvalue weighted by molar-refractivity contribution is -0.145. The van der Waals surface area contributed by atoms with Gasteiger partial charge in [0.2, 0.25) is 5.82 Å². The van der Waals surface area contributed by atoms with Crippen LogP contribution in [0.3, 0.4) is 0 Å². The molecular formula is C19H15FN2O4. The predicted molar refractivity (Wildman–Crippen MR) is 89.5 cm³/mol. The molecule has 0 atom stereocenters. The number of esters is 1. The Hall–Kier alpha value is -3.35. The highest BCUT2D eigenvalue weighted by Crippen LogP contribution is 2.16. The van der Waals surface area contributed by atoms with Crippen molar-refractivity contribution < 1.29 is 23.2 Å². The molecule has 132 valence electrons. The topological polar surface area (TPSA) is 82.3 Å². The quantitative estimate of drug-likeness (QED) is 0.476. The van der Waals surface area contributed by atoms with E-state index in [1.807, 2.05) is 6.07 Å². The molecule has 0 spiro atoms. The van der Waals surface area contributed by atoms with Gasteiger partial charge in [0.25, 0.3) is 5.89 Å². The second-order valence-corrected chi connectivity index (χ2v) is 5.47. The largest absolute Gasteiger partial charge is 0.456 e. The van der Waals surface area contributed by atoms with Crippen molar-refractivity contribution in [1.82, 2.24) is 10.1 Å². The standard InChI is InChI=1S/C19H15FN2O4/c20-15-8-6-14(7-9-15)19-21-17(26-22-19)12-25-18(24)11-10-16(23)13-4-2-1-3-5-13/h1-9H,10-12H2. The minimum atomic E-state index is -0.532. The Morgan fingerprint density at radius 3 is 2.46 bits per heavy atom. The van der Waals surface area contributed by atoms with E-state index in [-0.39, 0.29) is 42.8 Å². The number of nitrogens with zero attached hydrogens (tertiary/aromatic N) is 2. The van der Waals surface area contributed by atoms with E-state index >= 15 is 0 Å². The highest BCUT2D eigenvalue weighted by atomic mass is 19.1. The number of carbonyl (C=O) groups is 2. The molecule has 6 nitrogen and oxygen atoms in total. The van der Waals surface area contributed by atoms with Crippen molar-refractivity contribution in [3.05, 3.63) is 71.9 Å². The van der Waals surface area contributed by atoms with Crippen LogP contribution in [0.25, 0.3) is 11.4 Å². The van der Waals surface area contributed by atoms with E-state index < -0.39 is 5.97 Å². The molecule has 0 aliphatic rings. The third-order valence-corrected chi connectivity index (χ3v) is 3.58. The van der Waals surface area contributed by atoms with Crippen molar-refractivity contribution in [2.45, 2.75) is 19.4 Å². The molecule has 1 heterocycles. The fourth-order valence-corrected chi connectivity index (χ4v) is 2.23. The summed E-state index contributed by atoms with van der Waals surface area (Å²) in [6.45, 7) is -0.188. The second kappa shape index (κ2) is 8.15. The lowest BCUT2D eigenvalue weighted by atomic mass is 10.1. The summed E-state index contributed by atoms with van der Waals surface area (Å²) >= 11 is 0. The van der Waals surface area contributed by atoms with Crippen LogP contribution < -0.4 is 0 Å². The van der Waals surface area contributed by atoms with Crippen LogP contribution >= 0.6 is 0 Å². The van der Waals surface area contributed by atoms with Crippen LogP contribution in [-0.2, 0) is 16.1 Å².